The van der Waals surface area contributed by atoms with Crippen molar-refractivity contribution >= 4 is 65.2 Å². The van der Waals surface area contributed by atoms with Crippen LogP contribution in [0.5, 0.6) is 0 Å². The summed E-state index contributed by atoms with van der Waals surface area (Å²) in [4.78, 5) is 29.1. The number of para-hydroxylation sites is 3. The third-order valence-electron chi connectivity index (χ3n) is 13.1. The number of hydrogen-bond acceptors (Lipinski definition) is 6. The van der Waals surface area contributed by atoms with Crippen molar-refractivity contribution in [2.75, 3.05) is 0 Å². The fraction of sp³-hybridized carbons (Fsp3) is 0.0857. The lowest BCUT2D eigenvalue weighted by atomic mass is 10.1. The van der Waals surface area contributed by atoms with Crippen molar-refractivity contribution in [2.24, 2.45) is 0 Å². The summed E-state index contributed by atoms with van der Waals surface area (Å²) in [5, 5.41) is 9.36. The number of hydrogen-bond donors (Lipinski definition) is 0. The Bertz CT molecular complexity index is 4180. The summed E-state index contributed by atoms with van der Waals surface area (Å²) in [5.41, 5.74) is 9.39. The molecule has 0 fully saturated rings. The highest BCUT2D eigenvalue weighted by molar-refractivity contribution is 6.19. The van der Waals surface area contributed by atoms with E-state index < -0.39 is 0 Å². The Morgan fingerprint density at radius 1 is 0.321 bits per heavy atom. The average molecular weight is 1010 g/mol. The highest BCUT2D eigenvalue weighted by Crippen LogP contribution is 2.40. The van der Waals surface area contributed by atoms with Crippen LogP contribution in [0.15, 0.2) is 250 Å². The van der Waals surface area contributed by atoms with E-state index in [4.69, 9.17) is 15.0 Å². The van der Waals surface area contributed by atoms with Gasteiger partial charge in [-0.1, -0.05) is 222 Å². The summed E-state index contributed by atoms with van der Waals surface area (Å²) in [6, 6.07) is 82.0. The Kier molecular flexibility index (Phi) is 15.7. The first-order chi connectivity index (χ1) is 38.5. The predicted molar refractivity (Wildman–Crippen MR) is 328 cm³/mol. The van der Waals surface area contributed by atoms with Crippen molar-refractivity contribution in [3.63, 3.8) is 0 Å². The third kappa shape index (κ3) is 10.4. The Morgan fingerprint density at radius 3 is 1.17 bits per heavy atom. The molecule has 0 amide bonds. The van der Waals surface area contributed by atoms with Crippen molar-refractivity contribution in [3.05, 3.63) is 256 Å². The fourth-order valence-corrected chi connectivity index (χ4v) is 9.80. The second kappa shape index (κ2) is 23.7. The molecule has 0 aliphatic rings. The molecule has 0 saturated heterocycles. The Balaban J connectivity index is 0.000000221. The molecule has 10 aromatic carbocycles. The number of rotatable bonds is 6. The van der Waals surface area contributed by atoms with Crippen LogP contribution >= 0.6 is 0 Å². The molecule has 0 radical (unpaired) electrons. The molecule has 14 aromatic rings. The first-order valence-corrected chi connectivity index (χ1v) is 26.6. The first kappa shape index (κ1) is 51.6. The van der Waals surface area contributed by atoms with Crippen LogP contribution in [0, 0.1) is 6.92 Å². The van der Waals surface area contributed by atoms with Gasteiger partial charge in [0.25, 0.3) is 0 Å². The number of aromatic nitrogens is 8. The zero-order valence-electron chi connectivity index (χ0n) is 44.7. The van der Waals surface area contributed by atoms with Crippen LogP contribution < -0.4 is 0 Å². The van der Waals surface area contributed by atoms with Gasteiger partial charge in [0.05, 0.1) is 22.1 Å². The van der Waals surface area contributed by atoms with Gasteiger partial charge in [0.2, 0.25) is 5.95 Å². The van der Waals surface area contributed by atoms with Crippen LogP contribution in [0.4, 0.5) is 0 Å². The summed E-state index contributed by atoms with van der Waals surface area (Å²) in [5.74, 6) is 3.99. The molecule has 0 unspecified atom stereocenters. The number of fused-ring (bicyclic) bond motifs is 8. The smallest absolute Gasteiger partial charge is 0.238 e. The Morgan fingerprint density at radius 2 is 0.692 bits per heavy atom. The molecule has 4 heterocycles. The van der Waals surface area contributed by atoms with Gasteiger partial charge in [-0.3, -0.25) is 4.57 Å². The predicted octanol–water partition coefficient (Wildman–Crippen LogP) is 18.5. The van der Waals surface area contributed by atoms with E-state index in [9.17, 15) is 0 Å². The second-order valence-corrected chi connectivity index (χ2v) is 18.3. The summed E-state index contributed by atoms with van der Waals surface area (Å²) in [6.45, 7) is 16.1. The van der Waals surface area contributed by atoms with Gasteiger partial charge in [-0.15, -0.1) is 13.2 Å². The van der Waals surface area contributed by atoms with E-state index in [1.165, 1.54) is 33.5 Å². The van der Waals surface area contributed by atoms with E-state index in [0.29, 0.717) is 29.2 Å². The minimum absolute atomic E-state index is 0.578. The van der Waals surface area contributed by atoms with Crippen molar-refractivity contribution < 1.29 is 0 Å². The van der Waals surface area contributed by atoms with Crippen LogP contribution in [-0.4, -0.2) is 39.0 Å². The van der Waals surface area contributed by atoms with Crippen molar-refractivity contribution in [1.82, 2.24) is 39.0 Å². The van der Waals surface area contributed by atoms with Gasteiger partial charge in [0.1, 0.15) is 5.82 Å². The van der Waals surface area contributed by atoms with Gasteiger partial charge >= 0.3 is 0 Å². The minimum atomic E-state index is 0.578. The lowest BCUT2D eigenvalue weighted by Gasteiger charge is -2.12. The van der Waals surface area contributed by atoms with Crippen LogP contribution in [0.25, 0.3) is 122 Å². The summed E-state index contributed by atoms with van der Waals surface area (Å²) < 4.78 is 4.58. The lowest BCUT2D eigenvalue weighted by molar-refractivity contribution is 0.954. The molecule has 8 nitrogen and oxygen atoms in total. The van der Waals surface area contributed by atoms with Gasteiger partial charge in [-0.2, -0.15) is 9.97 Å². The molecule has 4 aromatic heterocycles. The molecule has 0 N–H and O–H groups in total. The molecular weight excluding hydrogens is 953 g/mol. The standard InChI is InChI=1S/C47H29N5.C16H13N3.C3H8.C2H6.C2H4/c1-2-16-36(17-3-1)51-41-20-10-8-18-37(41)39-28-40-38-19-9-11-21-42(38)52(44(40)29-43(39)51)47-49-45(34-24-22-30-12-4-6-14-32(30)26-34)48-46(50-47)35-25-23-31-13-5-7-15-33(31)27-35;1-12-17-15(13-8-4-2-5-9-13)19-16(18-12)14-10-6-3-7-11-14;1-3-2;2*1-2/h1-29H;2-11H,1H3;3H2,1-2H3;1-2H3;1-2H2. The number of benzene rings is 10. The van der Waals surface area contributed by atoms with Crippen LogP contribution in [0.3, 0.4) is 0 Å². The molecular formula is C70H60N8. The second-order valence-electron chi connectivity index (χ2n) is 18.3. The normalized spacial score (nSPS) is 10.8. The average Bonchev–Trinajstić information content (AvgIpc) is 4.22. The maximum Gasteiger partial charge on any atom is 0.238 e. The third-order valence-corrected chi connectivity index (χ3v) is 13.1. The van der Waals surface area contributed by atoms with E-state index in [2.05, 4.69) is 227 Å². The molecule has 14 rings (SSSR count). The SMILES string of the molecule is C=C.CC.CCC.Cc1nc(-c2ccccc2)nc(-c2ccccc2)n1.c1ccc(-n2c3ccccc3c3cc4c5ccccc5n(-c5nc(-c6ccc7ccccc7c6)nc(-c6ccc7ccccc7c6)n5)c4cc32)cc1. The quantitative estimate of drug-likeness (QED) is 0.154. The molecule has 0 atom stereocenters. The van der Waals surface area contributed by atoms with Crippen LogP contribution in [0.1, 0.15) is 39.9 Å². The summed E-state index contributed by atoms with van der Waals surface area (Å²) in [7, 11) is 0. The van der Waals surface area contributed by atoms with E-state index >= 15 is 0 Å². The van der Waals surface area contributed by atoms with E-state index in [-0.39, 0.29) is 0 Å². The summed E-state index contributed by atoms with van der Waals surface area (Å²) >= 11 is 0. The molecule has 380 valence electrons. The minimum Gasteiger partial charge on any atom is -0.309 e. The van der Waals surface area contributed by atoms with E-state index in [1.54, 1.807) is 0 Å². The molecule has 0 bridgehead atoms. The van der Waals surface area contributed by atoms with Crippen molar-refractivity contribution in [1.29, 1.82) is 0 Å². The fourth-order valence-electron chi connectivity index (χ4n) is 9.80. The van der Waals surface area contributed by atoms with Gasteiger partial charge < -0.3 is 4.57 Å². The van der Waals surface area contributed by atoms with E-state index in [0.717, 1.165) is 71.9 Å². The van der Waals surface area contributed by atoms with Crippen molar-refractivity contribution in [2.45, 2.75) is 41.0 Å². The molecule has 0 spiro atoms. The molecule has 0 aliphatic carbocycles. The maximum absolute atomic E-state index is 5.28. The van der Waals surface area contributed by atoms with Gasteiger partial charge in [0, 0.05) is 49.5 Å². The zero-order chi connectivity index (χ0) is 54.0. The van der Waals surface area contributed by atoms with Gasteiger partial charge in [-0.05, 0) is 77.0 Å². The number of nitrogens with zero attached hydrogens (tertiary/aromatic N) is 8. The molecule has 0 saturated carbocycles. The highest BCUT2D eigenvalue weighted by atomic mass is 15.2. The zero-order valence-corrected chi connectivity index (χ0v) is 44.7. The van der Waals surface area contributed by atoms with E-state index in [1.807, 2.05) is 81.4 Å². The highest BCUT2D eigenvalue weighted by Gasteiger charge is 2.21. The Hall–Kier alpha value is -9.92. The monoisotopic (exact) mass is 1010 g/mol. The van der Waals surface area contributed by atoms with Gasteiger partial charge in [0.15, 0.2) is 23.3 Å². The first-order valence-electron chi connectivity index (χ1n) is 26.6. The van der Waals surface area contributed by atoms with Crippen LogP contribution in [-0.2, 0) is 0 Å². The number of aryl methyl sites for hydroxylation is 1. The largest absolute Gasteiger partial charge is 0.309 e. The van der Waals surface area contributed by atoms with Crippen molar-refractivity contribution in [3.8, 4) is 57.2 Å². The molecule has 0 aliphatic heterocycles. The topological polar surface area (TPSA) is 87.2 Å². The Labute approximate surface area is 455 Å². The lowest BCUT2D eigenvalue weighted by Crippen LogP contribution is -2.06. The van der Waals surface area contributed by atoms with Crippen LogP contribution in [0.2, 0.25) is 0 Å². The molecule has 78 heavy (non-hydrogen) atoms. The summed E-state index contributed by atoms with van der Waals surface area (Å²) in [6.07, 6.45) is 1.25. The van der Waals surface area contributed by atoms with Gasteiger partial charge in [-0.25, -0.2) is 19.9 Å². The molecule has 8 heteroatoms. The maximum atomic E-state index is 5.28.